The van der Waals surface area contributed by atoms with Gasteiger partial charge in [-0.3, -0.25) is 4.79 Å². The maximum atomic E-state index is 11.1. The molecule has 1 aromatic rings. The Kier molecular flexibility index (Phi) is 2.23. The first-order valence-corrected chi connectivity index (χ1v) is 5.22. The van der Waals surface area contributed by atoms with Crippen molar-refractivity contribution in [3.05, 3.63) is 35.4 Å². The number of rotatable bonds is 2. The third-order valence-corrected chi connectivity index (χ3v) is 3.51. The Morgan fingerprint density at radius 2 is 2.06 bits per heavy atom. The van der Waals surface area contributed by atoms with E-state index in [4.69, 9.17) is 10.4 Å². The zero-order valence-electron chi connectivity index (χ0n) is 9.27. The largest absolute Gasteiger partial charge is 0.481 e. The van der Waals surface area contributed by atoms with Gasteiger partial charge in [-0.2, -0.15) is 5.26 Å². The fourth-order valence-corrected chi connectivity index (χ4v) is 2.55. The summed E-state index contributed by atoms with van der Waals surface area (Å²) in [6, 6.07) is 9.36. The van der Waals surface area contributed by atoms with E-state index >= 15 is 0 Å². The lowest BCUT2D eigenvalue weighted by Crippen LogP contribution is -2.03. The van der Waals surface area contributed by atoms with E-state index in [-0.39, 0.29) is 17.3 Å². The van der Waals surface area contributed by atoms with Gasteiger partial charge in [0.2, 0.25) is 0 Å². The van der Waals surface area contributed by atoms with Crippen molar-refractivity contribution in [1.82, 2.24) is 0 Å². The third kappa shape index (κ3) is 1.38. The molecule has 0 spiro atoms. The topological polar surface area (TPSA) is 61.1 Å². The van der Waals surface area contributed by atoms with Gasteiger partial charge in [-0.05, 0) is 17.0 Å². The molecule has 16 heavy (non-hydrogen) atoms. The summed E-state index contributed by atoms with van der Waals surface area (Å²) in [5, 5.41) is 18.1. The van der Waals surface area contributed by atoms with Gasteiger partial charge >= 0.3 is 5.97 Å². The van der Waals surface area contributed by atoms with E-state index in [2.05, 4.69) is 6.07 Å². The van der Waals surface area contributed by atoms with Crippen molar-refractivity contribution in [2.24, 2.45) is 11.3 Å². The summed E-state index contributed by atoms with van der Waals surface area (Å²) in [5.74, 6) is -1.19. The van der Waals surface area contributed by atoms with Crippen LogP contribution in [0.5, 0.6) is 0 Å². The second-order valence-corrected chi connectivity index (χ2v) is 4.81. The second-order valence-electron chi connectivity index (χ2n) is 4.81. The normalized spacial score (nSPS) is 25.8. The molecule has 0 saturated heterocycles. The van der Waals surface area contributed by atoms with Crippen molar-refractivity contribution < 1.29 is 9.90 Å². The summed E-state index contributed by atoms with van der Waals surface area (Å²) in [4.78, 5) is 11.1. The Morgan fingerprint density at radius 1 is 1.44 bits per heavy atom. The zero-order chi connectivity index (χ0) is 11.9. The molecule has 2 atom stereocenters. The molecular weight excluding hydrogens is 202 g/mol. The van der Waals surface area contributed by atoms with Crippen LogP contribution in [-0.2, 0) is 4.79 Å². The van der Waals surface area contributed by atoms with Gasteiger partial charge in [-0.15, -0.1) is 0 Å². The molecule has 1 fully saturated rings. The Bertz CT molecular complexity index is 485. The molecule has 1 aliphatic carbocycles. The number of nitrogens with zero attached hydrogens (tertiary/aromatic N) is 1. The molecule has 0 amide bonds. The number of aliphatic carboxylic acids is 1. The van der Waals surface area contributed by atoms with Crippen LogP contribution in [0.4, 0.5) is 0 Å². The van der Waals surface area contributed by atoms with Crippen LogP contribution in [0.1, 0.15) is 30.9 Å². The Morgan fingerprint density at radius 3 is 2.56 bits per heavy atom. The van der Waals surface area contributed by atoms with Gasteiger partial charge in [0.25, 0.3) is 0 Å². The van der Waals surface area contributed by atoms with Crippen LogP contribution >= 0.6 is 0 Å². The Hall–Kier alpha value is -1.82. The highest BCUT2D eigenvalue weighted by molar-refractivity contribution is 5.78. The second kappa shape index (κ2) is 3.34. The first kappa shape index (κ1) is 10.7. The number of hydrogen-bond acceptors (Lipinski definition) is 2. The van der Waals surface area contributed by atoms with Crippen LogP contribution in [0.15, 0.2) is 24.3 Å². The van der Waals surface area contributed by atoms with Gasteiger partial charge in [0.05, 0.1) is 17.6 Å². The van der Waals surface area contributed by atoms with E-state index in [1.165, 1.54) is 0 Å². The molecule has 2 rings (SSSR count). The van der Waals surface area contributed by atoms with E-state index in [0.29, 0.717) is 5.56 Å². The van der Waals surface area contributed by atoms with Crippen molar-refractivity contribution in [2.75, 3.05) is 0 Å². The molecule has 0 bridgehead atoms. The van der Waals surface area contributed by atoms with Gasteiger partial charge in [0, 0.05) is 5.92 Å². The lowest BCUT2D eigenvalue weighted by Gasteiger charge is -2.04. The number of benzene rings is 1. The van der Waals surface area contributed by atoms with Crippen LogP contribution in [-0.4, -0.2) is 11.1 Å². The molecule has 3 heteroatoms. The van der Waals surface area contributed by atoms with E-state index in [0.717, 1.165) is 5.56 Å². The van der Waals surface area contributed by atoms with Crippen molar-refractivity contribution in [2.45, 2.75) is 19.8 Å². The lowest BCUT2D eigenvalue weighted by molar-refractivity contribution is -0.139. The minimum atomic E-state index is -0.775. The van der Waals surface area contributed by atoms with Crippen LogP contribution in [0.3, 0.4) is 0 Å². The molecule has 0 aromatic heterocycles. The van der Waals surface area contributed by atoms with Crippen molar-refractivity contribution in [3.63, 3.8) is 0 Å². The smallest absolute Gasteiger partial charge is 0.307 e. The minimum absolute atomic E-state index is 0.0409. The molecule has 1 saturated carbocycles. The predicted octanol–water partition coefficient (Wildman–Crippen LogP) is 2.38. The summed E-state index contributed by atoms with van der Waals surface area (Å²) in [6.07, 6.45) is 0. The van der Waals surface area contributed by atoms with Crippen LogP contribution in [0, 0.1) is 22.7 Å². The summed E-state index contributed by atoms with van der Waals surface area (Å²) < 4.78 is 0. The van der Waals surface area contributed by atoms with E-state index < -0.39 is 5.97 Å². The molecule has 1 aromatic carbocycles. The number of carbonyl (C=O) groups is 1. The maximum absolute atomic E-state index is 11.1. The van der Waals surface area contributed by atoms with E-state index in [1.807, 2.05) is 26.0 Å². The highest BCUT2D eigenvalue weighted by atomic mass is 16.4. The molecule has 82 valence electrons. The zero-order valence-corrected chi connectivity index (χ0v) is 9.27. The van der Waals surface area contributed by atoms with Crippen LogP contribution in [0.25, 0.3) is 0 Å². The highest BCUT2D eigenvalue weighted by Crippen LogP contribution is 2.64. The van der Waals surface area contributed by atoms with Crippen molar-refractivity contribution >= 4 is 5.97 Å². The van der Waals surface area contributed by atoms with Crippen LogP contribution < -0.4 is 0 Å². The molecule has 0 aliphatic heterocycles. The fraction of sp³-hybridized carbons (Fsp3) is 0.385. The van der Waals surface area contributed by atoms with Gasteiger partial charge in [-0.25, -0.2) is 0 Å². The third-order valence-electron chi connectivity index (χ3n) is 3.51. The Labute approximate surface area is 94.3 Å². The van der Waals surface area contributed by atoms with Crippen LogP contribution in [0.2, 0.25) is 0 Å². The molecule has 1 aliphatic rings. The molecular formula is C13H13NO2. The fourth-order valence-electron chi connectivity index (χ4n) is 2.55. The average Bonchev–Trinajstić information content (AvgIpc) is 2.81. The standard InChI is InChI=1S/C13H13NO2/c1-13(2)10(11(13)12(15)16)9-6-4-3-5-8(9)7-14/h3-6,10-11H,1-2H3,(H,15,16)/t10-,11+/m1/s1. The molecule has 0 radical (unpaired) electrons. The number of hydrogen-bond donors (Lipinski definition) is 1. The van der Waals surface area contributed by atoms with Gasteiger partial charge in [0.15, 0.2) is 0 Å². The maximum Gasteiger partial charge on any atom is 0.307 e. The van der Waals surface area contributed by atoms with E-state index in [1.54, 1.807) is 12.1 Å². The first-order valence-electron chi connectivity index (χ1n) is 5.22. The molecule has 3 nitrogen and oxygen atoms in total. The average molecular weight is 215 g/mol. The minimum Gasteiger partial charge on any atom is -0.481 e. The molecule has 0 heterocycles. The Balaban J connectivity index is 2.42. The van der Waals surface area contributed by atoms with Gasteiger partial charge in [0.1, 0.15) is 0 Å². The summed E-state index contributed by atoms with van der Waals surface area (Å²) in [6.45, 7) is 3.87. The van der Waals surface area contributed by atoms with Gasteiger partial charge in [-0.1, -0.05) is 32.0 Å². The molecule has 0 unspecified atom stereocenters. The monoisotopic (exact) mass is 215 g/mol. The first-order chi connectivity index (χ1) is 7.50. The molecule has 1 N–H and O–H groups in total. The number of nitriles is 1. The quantitative estimate of drug-likeness (QED) is 0.823. The summed E-state index contributed by atoms with van der Waals surface area (Å²) in [5.41, 5.74) is 1.20. The van der Waals surface area contributed by atoms with Gasteiger partial charge < -0.3 is 5.11 Å². The SMILES string of the molecule is CC1(C)[C@H](C(=O)O)[C@H]1c1ccccc1C#N. The summed E-state index contributed by atoms with van der Waals surface area (Å²) >= 11 is 0. The highest BCUT2D eigenvalue weighted by Gasteiger charge is 2.63. The van der Waals surface area contributed by atoms with Crippen molar-refractivity contribution in [3.8, 4) is 6.07 Å². The number of carboxylic acids is 1. The lowest BCUT2D eigenvalue weighted by atomic mass is 9.99. The predicted molar refractivity (Wildman–Crippen MR) is 58.8 cm³/mol. The number of carboxylic acid groups (broad SMARTS) is 1. The summed E-state index contributed by atoms with van der Waals surface area (Å²) in [7, 11) is 0. The van der Waals surface area contributed by atoms with E-state index in [9.17, 15) is 4.79 Å². The van der Waals surface area contributed by atoms with Crippen molar-refractivity contribution in [1.29, 1.82) is 5.26 Å².